The quantitative estimate of drug-likeness (QED) is 0.866. The van der Waals surface area contributed by atoms with Gasteiger partial charge in [-0.05, 0) is 32.1 Å². The number of hydrogen-bond donors (Lipinski definition) is 1. The lowest BCUT2D eigenvalue weighted by atomic mass is 9.99. The van der Waals surface area contributed by atoms with Crippen molar-refractivity contribution in [3.63, 3.8) is 0 Å². The van der Waals surface area contributed by atoms with Gasteiger partial charge in [-0.2, -0.15) is 4.98 Å². The summed E-state index contributed by atoms with van der Waals surface area (Å²) < 4.78 is 5.30. The van der Waals surface area contributed by atoms with Crippen LogP contribution in [-0.2, 0) is 4.74 Å². The zero-order valence-corrected chi connectivity index (χ0v) is 12.9. The summed E-state index contributed by atoms with van der Waals surface area (Å²) in [5, 5.41) is 3.26. The van der Waals surface area contributed by atoms with Gasteiger partial charge in [0.2, 0.25) is 5.95 Å². The molecule has 0 radical (unpaired) electrons. The van der Waals surface area contributed by atoms with Crippen LogP contribution >= 0.6 is 0 Å². The third-order valence-electron chi connectivity index (χ3n) is 3.70. The van der Waals surface area contributed by atoms with Crippen molar-refractivity contribution in [1.29, 1.82) is 0 Å². The number of aryl methyl sites for hydroxylation is 1. The smallest absolute Gasteiger partial charge is 0.224 e. The Kier molecular flexibility index (Phi) is 5.59. The molecule has 0 aliphatic carbocycles. The SMILES string of the molecule is CCCNc1ncc(C)c(N2CCCC(COC)C2)n1. The number of ether oxygens (including phenoxy) is 1. The van der Waals surface area contributed by atoms with Gasteiger partial charge in [0.15, 0.2) is 0 Å². The molecule has 0 bridgehead atoms. The largest absolute Gasteiger partial charge is 0.384 e. The predicted octanol–water partition coefficient (Wildman–Crippen LogP) is 2.47. The van der Waals surface area contributed by atoms with Gasteiger partial charge in [-0.25, -0.2) is 4.98 Å². The molecule has 1 aliphatic heterocycles. The van der Waals surface area contributed by atoms with Crippen molar-refractivity contribution in [1.82, 2.24) is 9.97 Å². The molecule has 20 heavy (non-hydrogen) atoms. The van der Waals surface area contributed by atoms with E-state index in [0.717, 1.165) is 50.0 Å². The van der Waals surface area contributed by atoms with Crippen molar-refractivity contribution in [2.45, 2.75) is 33.1 Å². The Balaban J connectivity index is 2.09. The van der Waals surface area contributed by atoms with Crippen molar-refractivity contribution in [2.24, 2.45) is 5.92 Å². The summed E-state index contributed by atoms with van der Waals surface area (Å²) in [7, 11) is 1.78. The molecule has 1 aromatic heterocycles. The van der Waals surface area contributed by atoms with E-state index in [9.17, 15) is 0 Å². The molecule has 1 saturated heterocycles. The summed E-state index contributed by atoms with van der Waals surface area (Å²) in [6.07, 6.45) is 5.44. The molecule has 2 heterocycles. The second-order valence-corrected chi connectivity index (χ2v) is 5.54. The van der Waals surface area contributed by atoms with Crippen LogP contribution < -0.4 is 10.2 Å². The van der Waals surface area contributed by atoms with Crippen molar-refractivity contribution in [2.75, 3.05) is 43.6 Å². The number of rotatable bonds is 6. The maximum absolute atomic E-state index is 5.30. The Labute approximate surface area is 121 Å². The highest BCUT2D eigenvalue weighted by molar-refractivity contribution is 5.49. The molecule has 0 amide bonds. The Bertz CT molecular complexity index is 422. The van der Waals surface area contributed by atoms with Crippen molar-refractivity contribution in [3.8, 4) is 0 Å². The number of aromatic nitrogens is 2. The van der Waals surface area contributed by atoms with Crippen molar-refractivity contribution >= 4 is 11.8 Å². The molecule has 1 fully saturated rings. The first-order valence-electron chi connectivity index (χ1n) is 7.56. The van der Waals surface area contributed by atoms with Gasteiger partial charge >= 0.3 is 0 Å². The molecule has 5 heteroatoms. The number of nitrogens with one attached hydrogen (secondary N) is 1. The van der Waals surface area contributed by atoms with Crippen LogP contribution in [0.5, 0.6) is 0 Å². The van der Waals surface area contributed by atoms with E-state index in [1.165, 1.54) is 12.8 Å². The first-order valence-corrected chi connectivity index (χ1v) is 7.56. The van der Waals surface area contributed by atoms with Crippen LogP contribution in [0, 0.1) is 12.8 Å². The Morgan fingerprint density at radius 1 is 1.50 bits per heavy atom. The Morgan fingerprint density at radius 2 is 2.35 bits per heavy atom. The molecule has 0 spiro atoms. The van der Waals surface area contributed by atoms with E-state index < -0.39 is 0 Å². The van der Waals surface area contributed by atoms with Crippen molar-refractivity contribution < 1.29 is 4.74 Å². The molecular formula is C15H26N4O. The summed E-state index contributed by atoms with van der Waals surface area (Å²) in [5.74, 6) is 2.41. The number of methoxy groups -OCH3 is 1. The lowest BCUT2D eigenvalue weighted by Crippen LogP contribution is -2.38. The van der Waals surface area contributed by atoms with Gasteiger partial charge in [0.1, 0.15) is 5.82 Å². The summed E-state index contributed by atoms with van der Waals surface area (Å²) in [4.78, 5) is 11.4. The van der Waals surface area contributed by atoms with Crippen LogP contribution in [0.1, 0.15) is 31.7 Å². The minimum Gasteiger partial charge on any atom is -0.384 e. The third kappa shape index (κ3) is 3.82. The van der Waals surface area contributed by atoms with Gasteiger partial charge in [0.05, 0.1) is 6.61 Å². The topological polar surface area (TPSA) is 50.3 Å². The summed E-state index contributed by atoms with van der Waals surface area (Å²) in [5.41, 5.74) is 1.14. The lowest BCUT2D eigenvalue weighted by Gasteiger charge is -2.34. The van der Waals surface area contributed by atoms with Gasteiger partial charge in [-0.3, -0.25) is 0 Å². The normalized spacial score (nSPS) is 19.1. The Hall–Kier alpha value is -1.36. The zero-order valence-electron chi connectivity index (χ0n) is 12.9. The van der Waals surface area contributed by atoms with Crippen LogP contribution in [0.15, 0.2) is 6.20 Å². The number of nitrogens with zero attached hydrogens (tertiary/aromatic N) is 3. The fourth-order valence-electron chi connectivity index (χ4n) is 2.70. The van der Waals surface area contributed by atoms with E-state index in [1.54, 1.807) is 7.11 Å². The van der Waals surface area contributed by atoms with Gasteiger partial charge in [0.25, 0.3) is 0 Å². The number of anilines is 2. The third-order valence-corrected chi connectivity index (χ3v) is 3.70. The van der Waals surface area contributed by atoms with E-state index in [0.29, 0.717) is 5.92 Å². The highest BCUT2D eigenvalue weighted by Crippen LogP contribution is 2.25. The summed E-state index contributed by atoms with van der Waals surface area (Å²) in [6, 6.07) is 0. The molecule has 1 aromatic rings. The lowest BCUT2D eigenvalue weighted by molar-refractivity contribution is 0.143. The fraction of sp³-hybridized carbons (Fsp3) is 0.733. The molecule has 1 N–H and O–H groups in total. The van der Waals surface area contributed by atoms with Crippen LogP contribution in [0.4, 0.5) is 11.8 Å². The molecule has 1 atom stereocenters. The zero-order chi connectivity index (χ0) is 14.4. The van der Waals surface area contributed by atoms with Gasteiger partial charge in [0, 0.05) is 38.5 Å². The van der Waals surface area contributed by atoms with Crippen LogP contribution in [0.2, 0.25) is 0 Å². The van der Waals surface area contributed by atoms with E-state index in [2.05, 4.69) is 29.0 Å². The average Bonchev–Trinajstić information content (AvgIpc) is 2.47. The average molecular weight is 278 g/mol. The highest BCUT2D eigenvalue weighted by atomic mass is 16.5. The summed E-state index contributed by atoms with van der Waals surface area (Å²) in [6.45, 7) is 8.07. The van der Waals surface area contributed by atoms with Crippen LogP contribution in [-0.4, -0.2) is 43.3 Å². The molecule has 0 aromatic carbocycles. The van der Waals surface area contributed by atoms with Crippen LogP contribution in [0.3, 0.4) is 0 Å². The second kappa shape index (κ2) is 7.43. The molecule has 1 aliphatic rings. The van der Waals surface area contributed by atoms with Gasteiger partial charge < -0.3 is 15.0 Å². The van der Waals surface area contributed by atoms with Crippen LogP contribution in [0.25, 0.3) is 0 Å². The fourth-order valence-corrected chi connectivity index (χ4v) is 2.70. The van der Waals surface area contributed by atoms with E-state index in [4.69, 9.17) is 9.72 Å². The van der Waals surface area contributed by atoms with Gasteiger partial charge in [-0.15, -0.1) is 0 Å². The highest BCUT2D eigenvalue weighted by Gasteiger charge is 2.22. The Morgan fingerprint density at radius 3 is 3.10 bits per heavy atom. The molecule has 0 saturated carbocycles. The maximum atomic E-state index is 5.30. The molecule has 5 nitrogen and oxygen atoms in total. The van der Waals surface area contributed by atoms with E-state index in [-0.39, 0.29) is 0 Å². The van der Waals surface area contributed by atoms with E-state index >= 15 is 0 Å². The van der Waals surface area contributed by atoms with Crippen molar-refractivity contribution in [3.05, 3.63) is 11.8 Å². The maximum Gasteiger partial charge on any atom is 0.224 e. The monoisotopic (exact) mass is 278 g/mol. The van der Waals surface area contributed by atoms with E-state index in [1.807, 2.05) is 6.20 Å². The first kappa shape index (κ1) is 15.0. The molecule has 2 rings (SSSR count). The molecular weight excluding hydrogens is 252 g/mol. The standard InChI is InChI=1S/C15H26N4O/c1-4-7-16-15-17-9-12(2)14(18-15)19-8-5-6-13(10-19)11-20-3/h9,13H,4-8,10-11H2,1-3H3,(H,16,17,18). The number of hydrogen-bond acceptors (Lipinski definition) is 5. The second-order valence-electron chi connectivity index (χ2n) is 5.54. The predicted molar refractivity (Wildman–Crippen MR) is 82.4 cm³/mol. The number of piperidine rings is 1. The minimum atomic E-state index is 0.607. The molecule has 112 valence electrons. The summed E-state index contributed by atoms with van der Waals surface area (Å²) >= 11 is 0. The minimum absolute atomic E-state index is 0.607. The first-order chi connectivity index (χ1) is 9.74. The molecule has 1 unspecified atom stereocenters. The van der Waals surface area contributed by atoms with Gasteiger partial charge in [-0.1, -0.05) is 6.92 Å².